The Morgan fingerprint density at radius 1 is 1.64 bits per heavy atom. The van der Waals surface area contributed by atoms with Crippen LogP contribution in [0.25, 0.3) is 0 Å². The summed E-state index contributed by atoms with van der Waals surface area (Å²) in [7, 11) is 1.66. The maximum absolute atomic E-state index is 5.55. The van der Waals surface area contributed by atoms with Gasteiger partial charge in [-0.15, -0.1) is 0 Å². The lowest BCUT2D eigenvalue weighted by atomic mass is 10.3. The Bertz CT molecular complexity index is 142. The van der Waals surface area contributed by atoms with Crippen LogP contribution < -0.4 is 0 Å². The molecule has 11 heavy (non-hydrogen) atoms. The molecule has 0 aromatic heterocycles. The second-order valence-electron chi connectivity index (χ2n) is 3.05. The summed E-state index contributed by atoms with van der Waals surface area (Å²) in [6, 6.07) is 0. The standard InChI is InChI=1S/C9H16O2/c1-7-4-5-9(6-7)11-8(2)10-3/h8-9H,1,4-6H2,2-3H3. The third kappa shape index (κ3) is 2.64. The lowest BCUT2D eigenvalue weighted by molar-refractivity contribution is -0.140. The molecule has 0 radical (unpaired) electrons. The molecule has 1 fully saturated rings. The van der Waals surface area contributed by atoms with E-state index in [0.717, 1.165) is 19.3 Å². The number of hydrogen-bond donors (Lipinski definition) is 0. The van der Waals surface area contributed by atoms with E-state index in [1.54, 1.807) is 7.11 Å². The molecular weight excluding hydrogens is 140 g/mol. The summed E-state index contributed by atoms with van der Waals surface area (Å²) in [5.74, 6) is 0. The molecule has 0 amide bonds. The predicted molar refractivity (Wildman–Crippen MR) is 44.3 cm³/mol. The van der Waals surface area contributed by atoms with Gasteiger partial charge in [0.1, 0.15) is 0 Å². The number of ether oxygens (including phenoxy) is 2. The highest BCUT2D eigenvalue weighted by molar-refractivity contribution is 5.02. The van der Waals surface area contributed by atoms with E-state index in [1.165, 1.54) is 5.57 Å². The smallest absolute Gasteiger partial charge is 0.154 e. The topological polar surface area (TPSA) is 18.5 Å². The van der Waals surface area contributed by atoms with Crippen LogP contribution in [0, 0.1) is 0 Å². The summed E-state index contributed by atoms with van der Waals surface area (Å²) in [6.07, 6.45) is 3.49. The van der Waals surface area contributed by atoms with Crippen molar-refractivity contribution in [3.05, 3.63) is 12.2 Å². The Labute approximate surface area is 68.2 Å². The molecule has 64 valence electrons. The van der Waals surface area contributed by atoms with Crippen molar-refractivity contribution in [2.75, 3.05) is 7.11 Å². The van der Waals surface area contributed by atoms with Crippen molar-refractivity contribution in [2.45, 2.75) is 38.6 Å². The van der Waals surface area contributed by atoms with Crippen molar-refractivity contribution in [1.29, 1.82) is 0 Å². The van der Waals surface area contributed by atoms with Gasteiger partial charge in [0.25, 0.3) is 0 Å². The Kier molecular flexibility index (Phi) is 3.09. The van der Waals surface area contributed by atoms with Crippen LogP contribution in [-0.4, -0.2) is 19.5 Å². The molecule has 0 aromatic rings. The maximum Gasteiger partial charge on any atom is 0.154 e. The first-order chi connectivity index (χ1) is 5.22. The SMILES string of the molecule is C=C1CCC(OC(C)OC)C1. The minimum absolute atomic E-state index is 0.0779. The largest absolute Gasteiger partial charge is 0.356 e. The summed E-state index contributed by atoms with van der Waals surface area (Å²) in [6.45, 7) is 5.83. The van der Waals surface area contributed by atoms with Gasteiger partial charge in [-0.1, -0.05) is 12.2 Å². The quantitative estimate of drug-likeness (QED) is 0.460. The fraction of sp³-hybridized carbons (Fsp3) is 0.778. The minimum Gasteiger partial charge on any atom is -0.356 e. The van der Waals surface area contributed by atoms with Gasteiger partial charge in [0, 0.05) is 7.11 Å². The summed E-state index contributed by atoms with van der Waals surface area (Å²) < 4.78 is 10.5. The van der Waals surface area contributed by atoms with Gasteiger partial charge in [-0.3, -0.25) is 0 Å². The highest BCUT2D eigenvalue weighted by atomic mass is 16.7. The molecule has 0 bridgehead atoms. The average molecular weight is 156 g/mol. The van der Waals surface area contributed by atoms with E-state index in [1.807, 2.05) is 6.92 Å². The van der Waals surface area contributed by atoms with Gasteiger partial charge >= 0.3 is 0 Å². The van der Waals surface area contributed by atoms with Crippen LogP contribution in [0.15, 0.2) is 12.2 Å². The fourth-order valence-corrected chi connectivity index (χ4v) is 1.33. The first-order valence-electron chi connectivity index (χ1n) is 4.07. The normalized spacial score (nSPS) is 27.5. The lowest BCUT2D eigenvalue weighted by Crippen LogP contribution is -2.18. The van der Waals surface area contributed by atoms with Gasteiger partial charge in [-0.25, -0.2) is 0 Å². The van der Waals surface area contributed by atoms with Crippen molar-refractivity contribution in [2.24, 2.45) is 0 Å². The molecule has 0 aliphatic heterocycles. The molecule has 0 saturated heterocycles. The average Bonchev–Trinajstić information content (AvgIpc) is 2.35. The summed E-state index contributed by atoms with van der Waals surface area (Å²) >= 11 is 0. The van der Waals surface area contributed by atoms with Crippen LogP contribution in [0.1, 0.15) is 26.2 Å². The Hall–Kier alpha value is -0.340. The van der Waals surface area contributed by atoms with E-state index in [9.17, 15) is 0 Å². The van der Waals surface area contributed by atoms with Gasteiger partial charge in [-0.05, 0) is 26.2 Å². The molecule has 0 spiro atoms. The van der Waals surface area contributed by atoms with Crippen molar-refractivity contribution in [3.63, 3.8) is 0 Å². The van der Waals surface area contributed by atoms with Gasteiger partial charge < -0.3 is 9.47 Å². The first-order valence-corrected chi connectivity index (χ1v) is 4.07. The van der Waals surface area contributed by atoms with Gasteiger partial charge in [-0.2, -0.15) is 0 Å². The van der Waals surface area contributed by atoms with Crippen LogP contribution in [0.5, 0.6) is 0 Å². The van der Waals surface area contributed by atoms with E-state index in [2.05, 4.69) is 6.58 Å². The zero-order chi connectivity index (χ0) is 8.27. The Morgan fingerprint density at radius 3 is 2.82 bits per heavy atom. The monoisotopic (exact) mass is 156 g/mol. The third-order valence-corrected chi connectivity index (χ3v) is 2.05. The lowest BCUT2D eigenvalue weighted by Gasteiger charge is -2.16. The zero-order valence-electron chi connectivity index (χ0n) is 7.30. The second-order valence-corrected chi connectivity index (χ2v) is 3.05. The summed E-state index contributed by atoms with van der Waals surface area (Å²) in [4.78, 5) is 0. The fourth-order valence-electron chi connectivity index (χ4n) is 1.33. The van der Waals surface area contributed by atoms with Gasteiger partial charge in [0.05, 0.1) is 6.10 Å². The molecule has 0 N–H and O–H groups in total. The molecule has 1 aliphatic carbocycles. The van der Waals surface area contributed by atoms with Crippen molar-refractivity contribution >= 4 is 0 Å². The molecule has 2 unspecified atom stereocenters. The number of hydrogen-bond acceptors (Lipinski definition) is 2. The van der Waals surface area contributed by atoms with E-state index in [0.29, 0.717) is 6.10 Å². The highest BCUT2D eigenvalue weighted by Crippen LogP contribution is 2.26. The summed E-state index contributed by atoms with van der Waals surface area (Å²) in [5.41, 5.74) is 1.30. The van der Waals surface area contributed by atoms with Crippen LogP contribution in [0.3, 0.4) is 0 Å². The maximum atomic E-state index is 5.55. The molecule has 1 saturated carbocycles. The van der Waals surface area contributed by atoms with E-state index in [-0.39, 0.29) is 6.29 Å². The van der Waals surface area contributed by atoms with E-state index in [4.69, 9.17) is 9.47 Å². The van der Waals surface area contributed by atoms with Crippen LogP contribution in [0.4, 0.5) is 0 Å². The Morgan fingerprint density at radius 2 is 2.36 bits per heavy atom. The van der Waals surface area contributed by atoms with E-state index >= 15 is 0 Å². The first kappa shape index (κ1) is 8.75. The number of rotatable bonds is 3. The molecule has 2 heteroatoms. The molecule has 1 rings (SSSR count). The molecule has 1 aliphatic rings. The molecule has 2 atom stereocenters. The zero-order valence-corrected chi connectivity index (χ0v) is 7.30. The van der Waals surface area contributed by atoms with Gasteiger partial charge in [0.2, 0.25) is 0 Å². The van der Waals surface area contributed by atoms with E-state index < -0.39 is 0 Å². The van der Waals surface area contributed by atoms with Crippen molar-refractivity contribution < 1.29 is 9.47 Å². The highest BCUT2D eigenvalue weighted by Gasteiger charge is 2.20. The third-order valence-electron chi connectivity index (χ3n) is 2.05. The molecular formula is C9H16O2. The molecule has 2 nitrogen and oxygen atoms in total. The summed E-state index contributed by atoms with van der Waals surface area (Å²) in [5, 5.41) is 0. The van der Waals surface area contributed by atoms with Crippen LogP contribution in [0.2, 0.25) is 0 Å². The van der Waals surface area contributed by atoms with Gasteiger partial charge in [0.15, 0.2) is 6.29 Å². The van der Waals surface area contributed by atoms with Crippen LogP contribution >= 0.6 is 0 Å². The molecule has 0 heterocycles. The second kappa shape index (κ2) is 3.88. The number of methoxy groups -OCH3 is 1. The van der Waals surface area contributed by atoms with Crippen molar-refractivity contribution in [1.82, 2.24) is 0 Å². The van der Waals surface area contributed by atoms with Crippen LogP contribution in [-0.2, 0) is 9.47 Å². The Balaban J connectivity index is 2.22. The predicted octanol–water partition coefficient (Wildman–Crippen LogP) is 2.10. The minimum atomic E-state index is -0.0779. The van der Waals surface area contributed by atoms with Crippen molar-refractivity contribution in [3.8, 4) is 0 Å². The molecule has 0 aromatic carbocycles.